The van der Waals surface area contributed by atoms with Gasteiger partial charge in [0, 0.05) is 28.5 Å². The minimum atomic E-state index is -0.270. The zero-order chi connectivity index (χ0) is 15.6. The largest absolute Gasteiger partial charge is 0.312 e. The van der Waals surface area contributed by atoms with E-state index < -0.39 is 0 Å². The van der Waals surface area contributed by atoms with Crippen molar-refractivity contribution >= 4 is 33.0 Å². The molecule has 2 heterocycles. The Morgan fingerprint density at radius 1 is 0.913 bits per heavy atom. The van der Waals surface area contributed by atoms with E-state index in [9.17, 15) is 9.18 Å². The number of aromatic nitrogens is 1. The Labute approximate surface area is 132 Å². The van der Waals surface area contributed by atoms with Gasteiger partial charge >= 0.3 is 0 Å². The summed E-state index contributed by atoms with van der Waals surface area (Å²) in [6.45, 7) is 0. The van der Waals surface area contributed by atoms with Crippen LogP contribution in [0.4, 0.5) is 4.39 Å². The predicted octanol–water partition coefficient (Wildman–Crippen LogP) is 4.90. The smallest absolute Gasteiger partial charge is 0.165 e. The molecule has 0 fully saturated rings. The number of rotatable bonds is 0. The Kier molecular flexibility index (Phi) is 2.46. The highest BCUT2D eigenvalue weighted by Gasteiger charge is 2.24. The van der Waals surface area contributed by atoms with Gasteiger partial charge in [-0.2, -0.15) is 0 Å². The number of carbonyl (C=O) groups is 1. The Morgan fingerprint density at radius 3 is 2.70 bits per heavy atom. The van der Waals surface area contributed by atoms with Crippen LogP contribution in [0.15, 0.2) is 48.5 Å². The van der Waals surface area contributed by atoms with Crippen LogP contribution in [0.25, 0.3) is 27.2 Å². The van der Waals surface area contributed by atoms with Crippen LogP contribution in [0.2, 0.25) is 0 Å². The summed E-state index contributed by atoms with van der Waals surface area (Å²) in [4.78, 5) is 12.6. The van der Waals surface area contributed by atoms with Crippen molar-refractivity contribution in [2.24, 2.45) is 0 Å². The Morgan fingerprint density at radius 2 is 1.78 bits per heavy atom. The first kappa shape index (κ1) is 12.8. The molecule has 0 bridgehead atoms. The molecule has 0 N–H and O–H groups in total. The number of hydrogen-bond donors (Lipinski definition) is 0. The molecule has 2 nitrogen and oxygen atoms in total. The van der Waals surface area contributed by atoms with Crippen LogP contribution >= 0.6 is 0 Å². The molecule has 0 atom stereocenters. The van der Waals surface area contributed by atoms with Crippen molar-refractivity contribution in [3.05, 3.63) is 65.6 Å². The predicted molar refractivity (Wildman–Crippen MR) is 89.6 cm³/mol. The van der Waals surface area contributed by atoms with Crippen LogP contribution in [0, 0.1) is 5.82 Å². The minimum Gasteiger partial charge on any atom is -0.312 e. The van der Waals surface area contributed by atoms with E-state index in [1.807, 2.05) is 12.1 Å². The van der Waals surface area contributed by atoms with Gasteiger partial charge in [0.1, 0.15) is 5.82 Å². The lowest BCUT2D eigenvalue weighted by Gasteiger charge is -2.20. The quantitative estimate of drug-likeness (QED) is 0.452. The molecule has 1 aliphatic carbocycles. The van der Waals surface area contributed by atoms with Gasteiger partial charge in [0.25, 0.3) is 0 Å². The van der Waals surface area contributed by atoms with E-state index in [1.54, 1.807) is 12.1 Å². The molecular weight excluding hydrogens is 289 g/mol. The fourth-order valence-electron chi connectivity index (χ4n) is 3.95. The normalized spacial score (nSPS) is 14.7. The minimum absolute atomic E-state index is 0.169. The van der Waals surface area contributed by atoms with Crippen LogP contribution in [0.3, 0.4) is 0 Å². The number of Topliss-reactive ketones (excluding diaryl/α,β-unsaturated/α-hetero) is 1. The summed E-state index contributed by atoms with van der Waals surface area (Å²) >= 11 is 0. The van der Waals surface area contributed by atoms with Crippen LogP contribution in [-0.4, -0.2) is 10.2 Å². The molecule has 5 rings (SSSR count). The van der Waals surface area contributed by atoms with Crippen molar-refractivity contribution in [2.75, 3.05) is 0 Å². The second-order valence-corrected chi connectivity index (χ2v) is 6.21. The van der Waals surface area contributed by atoms with Gasteiger partial charge < -0.3 is 4.40 Å². The second-order valence-electron chi connectivity index (χ2n) is 6.21. The van der Waals surface area contributed by atoms with Crippen molar-refractivity contribution in [3.8, 4) is 0 Å². The van der Waals surface area contributed by atoms with Crippen molar-refractivity contribution in [1.82, 2.24) is 4.40 Å². The summed E-state index contributed by atoms with van der Waals surface area (Å²) in [7, 11) is 0. The average Bonchev–Trinajstić information content (AvgIpc) is 2.95. The van der Waals surface area contributed by atoms with E-state index in [2.05, 4.69) is 22.6 Å². The molecule has 2 aromatic carbocycles. The van der Waals surface area contributed by atoms with E-state index in [-0.39, 0.29) is 11.6 Å². The van der Waals surface area contributed by atoms with Gasteiger partial charge in [0.2, 0.25) is 0 Å². The first-order valence-corrected chi connectivity index (χ1v) is 7.91. The third-order valence-electron chi connectivity index (χ3n) is 4.89. The van der Waals surface area contributed by atoms with Gasteiger partial charge in [0.15, 0.2) is 5.78 Å². The SMILES string of the molecule is O=C1CCCc2c1c1ccc(F)cc1c1cc3ccccc3n21. The van der Waals surface area contributed by atoms with Crippen molar-refractivity contribution in [1.29, 1.82) is 0 Å². The maximum Gasteiger partial charge on any atom is 0.165 e. The molecule has 23 heavy (non-hydrogen) atoms. The summed E-state index contributed by atoms with van der Waals surface area (Å²) in [6, 6.07) is 15.0. The number of ketones is 1. The van der Waals surface area contributed by atoms with Gasteiger partial charge in [-0.15, -0.1) is 0 Å². The number of nitrogens with zero attached hydrogens (tertiary/aromatic N) is 1. The number of pyridine rings is 1. The Bertz CT molecular complexity index is 1120. The summed E-state index contributed by atoms with van der Waals surface area (Å²) in [5, 5.41) is 2.81. The fraction of sp³-hybridized carbons (Fsp3) is 0.150. The molecule has 0 saturated carbocycles. The molecule has 0 amide bonds. The molecular formula is C20H14FNO. The van der Waals surface area contributed by atoms with Gasteiger partial charge in [-0.3, -0.25) is 4.79 Å². The molecule has 1 aliphatic rings. The van der Waals surface area contributed by atoms with E-state index >= 15 is 0 Å². The maximum absolute atomic E-state index is 13.9. The number of hydrogen-bond acceptors (Lipinski definition) is 1. The number of aryl methyl sites for hydroxylation is 1. The first-order chi connectivity index (χ1) is 11.2. The Balaban J connectivity index is 2.13. The second kappa shape index (κ2) is 4.42. The summed E-state index contributed by atoms with van der Waals surface area (Å²) < 4.78 is 16.0. The van der Waals surface area contributed by atoms with Crippen LogP contribution in [0.5, 0.6) is 0 Å². The summed E-state index contributed by atoms with van der Waals surface area (Å²) in [6.07, 6.45) is 2.33. The summed E-state index contributed by atoms with van der Waals surface area (Å²) in [5.41, 5.74) is 3.91. The maximum atomic E-state index is 13.9. The number of carbonyl (C=O) groups excluding carboxylic acids is 1. The van der Waals surface area contributed by atoms with E-state index in [0.29, 0.717) is 6.42 Å². The van der Waals surface area contributed by atoms with Crippen molar-refractivity contribution in [3.63, 3.8) is 0 Å². The van der Waals surface area contributed by atoms with Crippen LogP contribution in [-0.2, 0) is 6.42 Å². The number of halogens is 1. The third kappa shape index (κ3) is 1.65. The molecule has 0 radical (unpaired) electrons. The van der Waals surface area contributed by atoms with Crippen molar-refractivity contribution < 1.29 is 9.18 Å². The highest BCUT2D eigenvalue weighted by molar-refractivity contribution is 6.15. The standard InChI is InChI=1S/C20H14FNO/c21-13-8-9-14-15(11-13)18-10-12-4-1-2-5-16(12)22(18)17-6-3-7-19(23)20(14)17/h1-2,4-5,8-11H,3,6-7H2. The van der Waals surface area contributed by atoms with E-state index in [4.69, 9.17) is 0 Å². The molecule has 0 spiro atoms. The lowest BCUT2D eigenvalue weighted by atomic mass is 9.90. The average molecular weight is 303 g/mol. The molecule has 112 valence electrons. The van der Waals surface area contributed by atoms with Gasteiger partial charge in [0.05, 0.1) is 11.0 Å². The molecule has 0 aliphatic heterocycles. The molecule has 3 heteroatoms. The first-order valence-electron chi connectivity index (χ1n) is 7.91. The van der Waals surface area contributed by atoms with E-state index in [0.717, 1.165) is 51.3 Å². The fourth-order valence-corrected chi connectivity index (χ4v) is 3.95. The van der Waals surface area contributed by atoms with Crippen LogP contribution in [0.1, 0.15) is 28.9 Å². The topological polar surface area (TPSA) is 21.5 Å². The third-order valence-corrected chi connectivity index (χ3v) is 4.89. The van der Waals surface area contributed by atoms with E-state index in [1.165, 1.54) is 6.07 Å². The number of para-hydroxylation sites is 1. The Hall–Kier alpha value is -2.68. The van der Waals surface area contributed by atoms with Gasteiger partial charge in [-0.25, -0.2) is 4.39 Å². The number of benzene rings is 2. The monoisotopic (exact) mass is 303 g/mol. The molecule has 0 saturated heterocycles. The zero-order valence-corrected chi connectivity index (χ0v) is 12.5. The molecule has 4 aromatic rings. The highest BCUT2D eigenvalue weighted by Crippen LogP contribution is 2.36. The van der Waals surface area contributed by atoms with Gasteiger partial charge in [-0.1, -0.05) is 24.3 Å². The highest BCUT2D eigenvalue weighted by atomic mass is 19.1. The summed E-state index contributed by atoms with van der Waals surface area (Å²) in [5.74, 6) is -0.101. The van der Waals surface area contributed by atoms with Gasteiger partial charge in [-0.05, 0) is 42.5 Å². The molecule has 2 aromatic heterocycles. The zero-order valence-electron chi connectivity index (χ0n) is 12.5. The number of fused-ring (bicyclic) bond motifs is 8. The lowest BCUT2D eigenvalue weighted by Crippen LogP contribution is -2.15. The van der Waals surface area contributed by atoms with Crippen LogP contribution < -0.4 is 0 Å². The van der Waals surface area contributed by atoms with Crippen molar-refractivity contribution in [2.45, 2.75) is 19.3 Å². The lowest BCUT2D eigenvalue weighted by molar-refractivity contribution is 0.0973. The molecule has 0 unspecified atom stereocenters.